The van der Waals surface area contributed by atoms with Crippen molar-refractivity contribution in [2.75, 3.05) is 19.8 Å². The molecule has 1 aliphatic rings. The molecular weight excluding hydrogens is 366 g/mol. The van der Waals surface area contributed by atoms with Crippen LogP contribution in [0, 0.1) is 0 Å². The number of rotatable bonds is 8. The molecule has 0 aliphatic carbocycles. The van der Waals surface area contributed by atoms with E-state index < -0.39 is 54.6 Å². The standard InChI is InChI=1S/C16H25NO10/c1-8(18)23-7-12-13(24-9(2)19)14(25-10(3)20)15(26-11(4)21)16(27-12)22-6-5-17/h12-16H,5-7,17H2,1-4H3/t12-,13-,14+,15-,16-/m1/s1. The summed E-state index contributed by atoms with van der Waals surface area (Å²) in [6.45, 7) is 4.52. The summed E-state index contributed by atoms with van der Waals surface area (Å²) >= 11 is 0. The van der Waals surface area contributed by atoms with Gasteiger partial charge in [-0.1, -0.05) is 0 Å². The van der Waals surface area contributed by atoms with Crippen LogP contribution in [-0.4, -0.2) is 74.3 Å². The second-order valence-corrected chi connectivity index (χ2v) is 5.73. The summed E-state index contributed by atoms with van der Waals surface area (Å²) < 4.78 is 31.7. The van der Waals surface area contributed by atoms with Gasteiger partial charge in [0.2, 0.25) is 0 Å². The van der Waals surface area contributed by atoms with Crippen LogP contribution < -0.4 is 5.73 Å². The lowest BCUT2D eigenvalue weighted by Gasteiger charge is -2.44. The normalized spacial score (nSPS) is 27.4. The van der Waals surface area contributed by atoms with Crippen LogP contribution in [0.15, 0.2) is 0 Å². The predicted octanol–water partition coefficient (Wildman–Crippen LogP) is -0.955. The third kappa shape index (κ3) is 7.49. The number of carbonyl (C=O) groups is 4. The van der Waals surface area contributed by atoms with E-state index in [9.17, 15) is 19.2 Å². The Morgan fingerprint density at radius 1 is 0.815 bits per heavy atom. The van der Waals surface area contributed by atoms with Gasteiger partial charge < -0.3 is 34.2 Å². The Balaban J connectivity index is 3.22. The van der Waals surface area contributed by atoms with E-state index in [0.29, 0.717) is 0 Å². The molecule has 5 atom stereocenters. The van der Waals surface area contributed by atoms with Crippen LogP contribution in [0.4, 0.5) is 0 Å². The van der Waals surface area contributed by atoms with Crippen LogP contribution in [0.3, 0.4) is 0 Å². The fourth-order valence-electron chi connectivity index (χ4n) is 2.51. The van der Waals surface area contributed by atoms with Crippen molar-refractivity contribution < 1.29 is 47.6 Å². The summed E-state index contributed by atoms with van der Waals surface area (Å²) in [5.74, 6) is -2.69. The van der Waals surface area contributed by atoms with Crippen LogP contribution in [-0.2, 0) is 47.6 Å². The van der Waals surface area contributed by atoms with Crippen molar-refractivity contribution >= 4 is 23.9 Å². The average Bonchev–Trinajstić information content (AvgIpc) is 2.54. The molecular formula is C16H25NO10. The smallest absolute Gasteiger partial charge is 0.303 e. The fraction of sp³-hybridized carbons (Fsp3) is 0.750. The minimum atomic E-state index is -1.24. The second-order valence-electron chi connectivity index (χ2n) is 5.73. The van der Waals surface area contributed by atoms with E-state index in [-0.39, 0.29) is 19.8 Å². The average molecular weight is 391 g/mol. The molecule has 0 spiro atoms. The highest BCUT2D eigenvalue weighted by molar-refractivity contribution is 5.68. The van der Waals surface area contributed by atoms with E-state index >= 15 is 0 Å². The molecule has 0 saturated carbocycles. The van der Waals surface area contributed by atoms with Gasteiger partial charge in [0.15, 0.2) is 24.6 Å². The van der Waals surface area contributed by atoms with Gasteiger partial charge in [-0.05, 0) is 0 Å². The van der Waals surface area contributed by atoms with Gasteiger partial charge in [-0.25, -0.2) is 0 Å². The van der Waals surface area contributed by atoms with Crippen molar-refractivity contribution in [3.63, 3.8) is 0 Å². The number of hydrogen-bond donors (Lipinski definition) is 1. The number of nitrogens with two attached hydrogens (primary N) is 1. The molecule has 0 radical (unpaired) electrons. The largest absolute Gasteiger partial charge is 0.463 e. The number of carbonyl (C=O) groups excluding carboxylic acids is 4. The lowest BCUT2D eigenvalue weighted by atomic mass is 9.98. The van der Waals surface area contributed by atoms with Crippen LogP contribution in [0.25, 0.3) is 0 Å². The Morgan fingerprint density at radius 3 is 1.81 bits per heavy atom. The van der Waals surface area contributed by atoms with Gasteiger partial charge in [-0.3, -0.25) is 19.2 Å². The summed E-state index contributed by atoms with van der Waals surface area (Å²) in [4.78, 5) is 45.8. The highest BCUT2D eigenvalue weighted by atomic mass is 16.7. The molecule has 154 valence electrons. The van der Waals surface area contributed by atoms with E-state index in [2.05, 4.69) is 0 Å². The Kier molecular flexibility index (Phi) is 9.12. The molecule has 0 aromatic rings. The maximum atomic E-state index is 11.6. The number of esters is 4. The quantitative estimate of drug-likeness (QED) is 0.403. The topological polar surface area (TPSA) is 150 Å². The SMILES string of the molecule is CC(=O)OC[C@H]1O[C@@H](OCCN)[C@H](OC(C)=O)[C@@H](OC(C)=O)[C@@H]1OC(C)=O. The molecule has 0 bridgehead atoms. The Bertz CT molecular complexity index is 551. The van der Waals surface area contributed by atoms with E-state index in [1.807, 2.05) is 0 Å². The molecule has 1 aliphatic heterocycles. The molecule has 11 nitrogen and oxygen atoms in total. The summed E-state index contributed by atoms with van der Waals surface area (Å²) in [6, 6.07) is 0. The van der Waals surface area contributed by atoms with Gasteiger partial charge in [-0.15, -0.1) is 0 Å². The maximum Gasteiger partial charge on any atom is 0.303 e. The zero-order valence-corrected chi connectivity index (χ0v) is 15.7. The van der Waals surface area contributed by atoms with Crippen molar-refractivity contribution in [3.05, 3.63) is 0 Å². The van der Waals surface area contributed by atoms with Crippen LogP contribution in [0.2, 0.25) is 0 Å². The van der Waals surface area contributed by atoms with Gasteiger partial charge in [0, 0.05) is 34.2 Å². The lowest BCUT2D eigenvalue weighted by molar-refractivity contribution is -0.307. The molecule has 1 heterocycles. The lowest BCUT2D eigenvalue weighted by Crippen LogP contribution is -2.63. The highest BCUT2D eigenvalue weighted by Crippen LogP contribution is 2.29. The Hall–Kier alpha value is -2.24. The van der Waals surface area contributed by atoms with Crippen LogP contribution in [0.5, 0.6) is 0 Å². The van der Waals surface area contributed by atoms with E-state index in [4.69, 9.17) is 34.2 Å². The molecule has 0 aromatic carbocycles. The molecule has 1 rings (SSSR count). The molecule has 11 heteroatoms. The molecule has 0 amide bonds. The maximum absolute atomic E-state index is 11.6. The first-order chi connectivity index (χ1) is 12.6. The van der Waals surface area contributed by atoms with Crippen LogP contribution >= 0.6 is 0 Å². The highest BCUT2D eigenvalue weighted by Gasteiger charge is 2.52. The van der Waals surface area contributed by atoms with Crippen molar-refractivity contribution in [1.29, 1.82) is 0 Å². The van der Waals surface area contributed by atoms with Gasteiger partial charge >= 0.3 is 23.9 Å². The van der Waals surface area contributed by atoms with E-state index in [1.54, 1.807) is 0 Å². The Morgan fingerprint density at radius 2 is 1.33 bits per heavy atom. The molecule has 1 fully saturated rings. The summed E-state index contributed by atoms with van der Waals surface area (Å²) in [5, 5.41) is 0. The van der Waals surface area contributed by atoms with Crippen molar-refractivity contribution in [2.24, 2.45) is 5.73 Å². The number of ether oxygens (including phenoxy) is 6. The molecule has 0 unspecified atom stereocenters. The summed E-state index contributed by atoms with van der Waals surface area (Å²) in [5.41, 5.74) is 5.42. The Labute approximate surface area is 156 Å². The molecule has 0 aromatic heterocycles. The van der Waals surface area contributed by atoms with Crippen LogP contribution in [0.1, 0.15) is 27.7 Å². The van der Waals surface area contributed by atoms with Gasteiger partial charge in [0.1, 0.15) is 12.7 Å². The zero-order valence-electron chi connectivity index (χ0n) is 15.7. The first kappa shape index (κ1) is 22.8. The first-order valence-corrected chi connectivity index (χ1v) is 8.27. The fourth-order valence-corrected chi connectivity index (χ4v) is 2.51. The monoisotopic (exact) mass is 391 g/mol. The van der Waals surface area contributed by atoms with Crippen molar-refractivity contribution in [2.45, 2.75) is 58.4 Å². The minimum absolute atomic E-state index is 0.0493. The van der Waals surface area contributed by atoms with E-state index in [0.717, 1.165) is 20.8 Å². The molecule has 1 saturated heterocycles. The van der Waals surface area contributed by atoms with E-state index in [1.165, 1.54) is 6.92 Å². The van der Waals surface area contributed by atoms with Gasteiger partial charge in [0.05, 0.1) is 6.61 Å². The minimum Gasteiger partial charge on any atom is -0.463 e. The van der Waals surface area contributed by atoms with Gasteiger partial charge in [-0.2, -0.15) is 0 Å². The van der Waals surface area contributed by atoms with Gasteiger partial charge in [0.25, 0.3) is 0 Å². The predicted molar refractivity (Wildman–Crippen MR) is 87.0 cm³/mol. The second kappa shape index (κ2) is 10.8. The van der Waals surface area contributed by atoms with Crippen molar-refractivity contribution in [1.82, 2.24) is 0 Å². The zero-order chi connectivity index (χ0) is 20.6. The first-order valence-electron chi connectivity index (χ1n) is 8.27. The number of hydrogen-bond acceptors (Lipinski definition) is 11. The molecule has 27 heavy (non-hydrogen) atoms. The third-order valence-electron chi connectivity index (χ3n) is 3.35. The summed E-state index contributed by atoms with van der Waals surface area (Å²) in [7, 11) is 0. The van der Waals surface area contributed by atoms with Crippen molar-refractivity contribution in [3.8, 4) is 0 Å². The summed E-state index contributed by atoms with van der Waals surface area (Å²) in [6.07, 6.45) is -5.89. The third-order valence-corrected chi connectivity index (χ3v) is 3.35. The molecule has 2 N–H and O–H groups in total.